The van der Waals surface area contributed by atoms with Crippen molar-refractivity contribution < 1.29 is 4.79 Å². The van der Waals surface area contributed by atoms with Gasteiger partial charge in [0.25, 0.3) is 5.91 Å². The number of nitrogens with zero attached hydrogens (tertiary/aromatic N) is 2. The summed E-state index contributed by atoms with van der Waals surface area (Å²) in [6.07, 6.45) is 0. The van der Waals surface area contributed by atoms with Gasteiger partial charge in [-0.15, -0.1) is 0 Å². The topological polar surface area (TPSA) is 44.1 Å². The highest BCUT2D eigenvalue weighted by Gasteiger charge is 2.30. The van der Waals surface area contributed by atoms with Crippen LogP contribution in [-0.2, 0) is 0 Å². The number of hydrogen-bond acceptors (Lipinski definition) is 2. The summed E-state index contributed by atoms with van der Waals surface area (Å²) in [4.78, 5) is 13.3. The molecule has 0 saturated carbocycles. The van der Waals surface area contributed by atoms with Crippen LogP contribution in [0, 0.1) is 11.3 Å². The smallest absolute Gasteiger partial charge is 0.254 e. The van der Waals surface area contributed by atoms with Crippen molar-refractivity contribution in [1.82, 2.24) is 4.90 Å². The Morgan fingerprint density at radius 2 is 2.21 bits per heavy atom. The third-order valence-corrected chi connectivity index (χ3v) is 2.76. The Morgan fingerprint density at radius 3 is 2.86 bits per heavy atom. The summed E-state index contributed by atoms with van der Waals surface area (Å²) in [6, 6.07) is 7.36. The van der Waals surface area contributed by atoms with Gasteiger partial charge in [0.2, 0.25) is 0 Å². The number of carbonyl (C=O) groups excluding carboxylic acids is 1. The van der Waals surface area contributed by atoms with Crippen LogP contribution in [0.5, 0.6) is 0 Å². The van der Waals surface area contributed by atoms with E-state index in [9.17, 15) is 4.79 Å². The highest BCUT2D eigenvalue weighted by atomic mass is 16.2. The van der Waals surface area contributed by atoms with E-state index in [4.69, 9.17) is 5.26 Å². The molecule has 1 aromatic rings. The maximum Gasteiger partial charge on any atom is 0.254 e. The molecule has 0 spiro atoms. The lowest BCUT2D eigenvalue weighted by atomic mass is 10.0. The quantitative estimate of drug-likeness (QED) is 0.619. The summed E-state index contributed by atoms with van der Waals surface area (Å²) in [5.74, 6) is 0.0389. The molecule has 0 bridgehead atoms. The van der Waals surface area contributed by atoms with Crippen molar-refractivity contribution in [3.8, 4) is 6.07 Å². The normalized spacial score (nSPS) is 19.4. The van der Waals surface area contributed by atoms with Crippen molar-refractivity contribution in [2.45, 2.75) is 13.0 Å². The highest BCUT2D eigenvalue weighted by Crippen LogP contribution is 2.32. The molecule has 0 aliphatic carbocycles. The molecule has 1 unspecified atom stereocenters. The number of carbonyl (C=O) groups is 1. The Labute approximate surface area is 82.6 Å². The molecule has 1 heterocycles. The van der Waals surface area contributed by atoms with Crippen molar-refractivity contribution >= 4 is 5.91 Å². The van der Waals surface area contributed by atoms with Gasteiger partial charge >= 0.3 is 0 Å². The molecule has 70 valence electrons. The van der Waals surface area contributed by atoms with Crippen LogP contribution < -0.4 is 0 Å². The van der Waals surface area contributed by atoms with Gasteiger partial charge in [-0.1, -0.05) is 0 Å². The van der Waals surface area contributed by atoms with E-state index in [0.717, 1.165) is 11.1 Å². The van der Waals surface area contributed by atoms with Crippen molar-refractivity contribution in [2.75, 3.05) is 7.05 Å². The van der Waals surface area contributed by atoms with Crippen molar-refractivity contribution in [2.24, 2.45) is 0 Å². The van der Waals surface area contributed by atoms with Gasteiger partial charge in [0, 0.05) is 12.6 Å². The molecule has 1 atom stereocenters. The zero-order valence-electron chi connectivity index (χ0n) is 8.11. The van der Waals surface area contributed by atoms with Gasteiger partial charge < -0.3 is 4.90 Å². The lowest BCUT2D eigenvalue weighted by Crippen LogP contribution is -2.20. The highest BCUT2D eigenvalue weighted by molar-refractivity contribution is 5.99. The lowest BCUT2D eigenvalue weighted by Gasteiger charge is -2.14. The van der Waals surface area contributed by atoms with Crippen LogP contribution >= 0.6 is 0 Å². The average molecular weight is 186 g/mol. The average Bonchev–Trinajstić information content (AvgIpc) is 2.44. The number of fused-ring (bicyclic) bond motifs is 1. The first-order valence-electron chi connectivity index (χ1n) is 4.46. The molecule has 3 heteroatoms. The molecule has 14 heavy (non-hydrogen) atoms. The predicted molar refractivity (Wildman–Crippen MR) is 51.7 cm³/mol. The third kappa shape index (κ3) is 1.01. The molecular weight excluding hydrogens is 176 g/mol. The fourth-order valence-corrected chi connectivity index (χ4v) is 1.75. The molecule has 1 aliphatic heterocycles. The van der Waals surface area contributed by atoms with E-state index in [1.54, 1.807) is 30.1 Å². The van der Waals surface area contributed by atoms with Gasteiger partial charge in [-0.3, -0.25) is 4.79 Å². The fourth-order valence-electron chi connectivity index (χ4n) is 1.75. The maximum atomic E-state index is 11.6. The van der Waals surface area contributed by atoms with E-state index in [1.807, 2.05) is 6.92 Å². The van der Waals surface area contributed by atoms with Gasteiger partial charge in [-0.25, -0.2) is 0 Å². The summed E-state index contributed by atoms with van der Waals surface area (Å²) < 4.78 is 0. The van der Waals surface area contributed by atoms with Crippen LogP contribution in [0.1, 0.15) is 34.5 Å². The van der Waals surface area contributed by atoms with E-state index in [2.05, 4.69) is 6.07 Å². The Bertz CT molecular complexity index is 445. The van der Waals surface area contributed by atoms with Crippen LogP contribution in [-0.4, -0.2) is 17.9 Å². The summed E-state index contributed by atoms with van der Waals surface area (Å²) in [7, 11) is 1.78. The monoisotopic (exact) mass is 186 g/mol. The summed E-state index contributed by atoms with van der Waals surface area (Å²) in [5, 5.41) is 8.74. The number of hydrogen-bond donors (Lipinski definition) is 0. The zero-order chi connectivity index (χ0) is 10.3. The second-order valence-corrected chi connectivity index (χ2v) is 3.51. The van der Waals surface area contributed by atoms with E-state index in [-0.39, 0.29) is 11.9 Å². The Hall–Kier alpha value is -1.82. The van der Waals surface area contributed by atoms with Crippen LogP contribution in [0.3, 0.4) is 0 Å². The molecule has 0 radical (unpaired) electrons. The predicted octanol–water partition coefficient (Wildman–Crippen LogP) is 1.70. The maximum absolute atomic E-state index is 11.6. The van der Waals surface area contributed by atoms with Gasteiger partial charge in [0.15, 0.2) is 0 Å². The fraction of sp³-hybridized carbons (Fsp3) is 0.273. The molecule has 0 aromatic heterocycles. The Morgan fingerprint density at radius 1 is 1.50 bits per heavy atom. The molecule has 1 aromatic carbocycles. The minimum Gasteiger partial charge on any atom is -0.335 e. The van der Waals surface area contributed by atoms with Crippen molar-refractivity contribution in [3.63, 3.8) is 0 Å². The largest absolute Gasteiger partial charge is 0.335 e. The molecule has 2 rings (SSSR count). The Kier molecular flexibility index (Phi) is 1.78. The van der Waals surface area contributed by atoms with Crippen LogP contribution in [0.2, 0.25) is 0 Å². The van der Waals surface area contributed by atoms with Crippen LogP contribution in [0.25, 0.3) is 0 Å². The van der Waals surface area contributed by atoms with E-state index in [1.165, 1.54) is 0 Å². The number of nitriles is 1. The van der Waals surface area contributed by atoms with Crippen molar-refractivity contribution in [3.05, 3.63) is 34.9 Å². The summed E-state index contributed by atoms with van der Waals surface area (Å²) in [6.45, 7) is 1.96. The van der Waals surface area contributed by atoms with E-state index < -0.39 is 0 Å². The second-order valence-electron chi connectivity index (χ2n) is 3.51. The number of benzene rings is 1. The Balaban J connectivity index is 2.60. The van der Waals surface area contributed by atoms with E-state index in [0.29, 0.717) is 5.56 Å². The molecule has 3 nitrogen and oxygen atoms in total. The minimum atomic E-state index is 0.0389. The van der Waals surface area contributed by atoms with Crippen molar-refractivity contribution in [1.29, 1.82) is 5.26 Å². The molecule has 1 aliphatic rings. The van der Waals surface area contributed by atoms with E-state index >= 15 is 0 Å². The standard InChI is InChI=1S/C11H10N2O/c1-7-10-5-8(6-12)3-4-9(10)11(14)13(7)2/h3-5,7H,1-2H3. The zero-order valence-corrected chi connectivity index (χ0v) is 8.11. The molecular formula is C11H10N2O. The second kappa shape index (κ2) is 2.85. The first-order valence-corrected chi connectivity index (χ1v) is 4.46. The minimum absolute atomic E-state index is 0.0389. The first kappa shape index (κ1) is 8.76. The van der Waals surface area contributed by atoms with Gasteiger partial charge in [0.1, 0.15) is 0 Å². The third-order valence-electron chi connectivity index (χ3n) is 2.76. The van der Waals surface area contributed by atoms with Gasteiger partial charge in [-0.05, 0) is 30.7 Å². The SMILES string of the molecule is CC1c2cc(C#N)ccc2C(=O)N1C. The number of rotatable bonds is 0. The molecule has 1 amide bonds. The van der Waals surface area contributed by atoms with Gasteiger partial charge in [-0.2, -0.15) is 5.26 Å². The first-order chi connectivity index (χ1) is 6.65. The van der Waals surface area contributed by atoms with Gasteiger partial charge in [0.05, 0.1) is 17.7 Å². The molecule has 0 saturated heterocycles. The van der Waals surface area contributed by atoms with Crippen LogP contribution in [0.15, 0.2) is 18.2 Å². The molecule has 0 fully saturated rings. The summed E-state index contributed by atoms with van der Waals surface area (Å²) in [5.41, 5.74) is 2.29. The summed E-state index contributed by atoms with van der Waals surface area (Å²) >= 11 is 0. The lowest BCUT2D eigenvalue weighted by molar-refractivity contribution is 0.0784. The molecule has 0 N–H and O–H groups in total. The number of amides is 1. The van der Waals surface area contributed by atoms with Crippen LogP contribution in [0.4, 0.5) is 0 Å².